The van der Waals surface area contributed by atoms with Crippen molar-refractivity contribution in [2.45, 2.75) is 32.9 Å². The molecule has 0 radical (unpaired) electrons. The summed E-state index contributed by atoms with van der Waals surface area (Å²) < 4.78 is 41.0. The summed E-state index contributed by atoms with van der Waals surface area (Å²) in [6.07, 6.45) is -1.29. The monoisotopic (exact) mass is 417 g/mol. The maximum absolute atomic E-state index is 13.7. The molecule has 3 aliphatic heterocycles. The minimum Gasteiger partial charge on any atom is -0.338 e. The van der Waals surface area contributed by atoms with Crippen molar-refractivity contribution in [1.82, 2.24) is 14.8 Å². The number of piperazine rings is 1. The summed E-state index contributed by atoms with van der Waals surface area (Å²) in [5, 5.41) is 6.29. The molecule has 0 unspecified atom stereocenters. The molecule has 1 aromatic carbocycles. The predicted molar refractivity (Wildman–Crippen MR) is 114 cm³/mol. The number of rotatable bonds is 2. The van der Waals surface area contributed by atoms with E-state index in [-0.39, 0.29) is 0 Å². The van der Waals surface area contributed by atoms with Crippen molar-refractivity contribution in [3.05, 3.63) is 41.0 Å². The minimum absolute atomic E-state index is 0.434. The van der Waals surface area contributed by atoms with Crippen LogP contribution in [0.5, 0.6) is 0 Å². The van der Waals surface area contributed by atoms with Crippen LogP contribution in [0, 0.1) is 0 Å². The number of hydrogen-bond donors (Lipinski definition) is 0. The molecule has 0 spiro atoms. The maximum Gasteiger partial charge on any atom is 0.416 e. The second-order valence-corrected chi connectivity index (χ2v) is 8.02. The van der Waals surface area contributed by atoms with Crippen molar-refractivity contribution in [3.8, 4) is 0 Å². The lowest BCUT2D eigenvalue weighted by molar-refractivity contribution is -0.137. The van der Waals surface area contributed by atoms with E-state index in [9.17, 15) is 13.2 Å². The Morgan fingerprint density at radius 3 is 2.47 bits per heavy atom. The average molecular weight is 417 g/mol. The van der Waals surface area contributed by atoms with Crippen LogP contribution < -0.4 is 0 Å². The third-order valence-electron chi connectivity index (χ3n) is 5.85. The Morgan fingerprint density at radius 1 is 1.17 bits per heavy atom. The number of hydrogen-bond acceptors (Lipinski definition) is 5. The molecule has 3 heterocycles. The fourth-order valence-corrected chi connectivity index (χ4v) is 4.09. The van der Waals surface area contributed by atoms with Crippen molar-refractivity contribution < 1.29 is 13.2 Å². The summed E-state index contributed by atoms with van der Waals surface area (Å²) >= 11 is 0. The molecule has 4 rings (SSSR count). The topological polar surface area (TPSA) is 34.4 Å². The lowest BCUT2D eigenvalue weighted by Crippen LogP contribution is -2.52. The summed E-state index contributed by atoms with van der Waals surface area (Å²) in [5.41, 5.74) is 3.13. The van der Waals surface area contributed by atoms with Gasteiger partial charge in [-0.15, -0.1) is 0 Å². The summed E-state index contributed by atoms with van der Waals surface area (Å²) in [6, 6.07) is 2.38. The van der Waals surface area contributed by atoms with E-state index in [2.05, 4.69) is 28.5 Å². The van der Waals surface area contributed by atoms with Crippen LogP contribution in [0.2, 0.25) is 0 Å². The van der Waals surface area contributed by atoms with Gasteiger partial charge in [-0.05, 0) is 43.7 Å². The first-order chi connectivity index (χ1) is 14.2. The highest BCUT2D eigenvalue weighted by molar-refractivity contribution is 6.01. The number of likely N-dealkylation sites (N-methyl/N-ethyl adjacent to an activating group) is 1. The van der Waals surface area contributed by atoms with E-state index in [0.29, 0.717) is 34.8 Å². The van der Waals surface area contributed by atoms with Crippen LogP contribution in [0.4, 0.5) is 18.9 Å². The molecule has 0 aliphatic carbocycles. The van der Waals surface area contributed by atoms with Crippen LogP contribution in [0.3, 0.4) is 0 Å². The zero-order valence-electron chi connectivity index (χ0n) is 17.6. The van der Waals surface area contributed by atoms with E-state index < -0.39 is 11.7 Å². The van der Waals surface area contributed by atoms with Gasteiger partial charge in [0.05, 0.1) is 16.9 Å². The quantitative estimate of drug-likeness (QED) is 0.693. The number of halogens is 3. The van der Waals surface area contributed by atoms with Gasteiger partial charge in [-0.2, -0.15) is 18.3 Å². The molecule has 1 fully saturated rings. The Hall–Kier alpha value is -2.61. The van der Waals surface area contributed by atoms with E-state index in [0.717, 1.165) is 43.9 Å². The van der Waals surface area contributed by atoms with Gasteiger partial charge in [0.2, 0.25) is 5.96 Å². The van der Waals surface area contributed by atoms with Crippen LogP contribution >= 0.6 is 0 Å². The normalized spacial score (nSPS) is 19.6. The molecule has 0 aromatic heterocycles. The zero-order chi connectivity index (χ0) is 21.6. The van der Waals surface area contributed by atoms with Crippen molar-refractivity contribution >= 4 is 29.1 Å². The molecule has 0 amide bonds. The number of nitrogens with zero attached hydrogens (tertiary/aromatic N) is 5. The molecule has 5 nitrogen and oxygen atoms in total. The SMILES string of the molecule is C=C(C)c1cc(C(F)(F)F)cc2c1N=C(N1CCN(C)CC1)N1N=CCC(CC)=C21. The van der Waals surface area contributed by atoms with Crippen LogP contribution in [-0.2, 0) is 6.18 Å². The van der Waals surface area contributed by atoms with Crippen molar-refractivity contribution in [2.75, 3.05) is 33.2 Å². The molecular formula is C22H26F3N5. The fraction of sp³-hybridized carbons (Fsp3) is 0.455. The Labute approximate surface area is 174 Å². The van der Waals surface area contributed by atoms with Crippen molar-refractivity contribution in [3.63, 3.8) is 0 Å². The lowest BCUT2D eigenvalue weighted by Gasteiger charge is -2.41. The van der Waals surface area contributed by atoms with Gasteiger partial charge in [-0.25, -0.2) is 10.0 Å². The highest BCUT2D eigenvalue weighted by atomic mass is 19.4. The molecular weight excluding hydrogens is 391 g/mol. The largest absolute Gasteiger partial charge is 0.416 e. The number of benzene rings is 1. The van der Waals surface area contributed by atoms with Crippen molar-refractivity contribution in [2.24, 2.45) is 10.1 Å². The van der Waals surface area contributed by atoms with Crippen LogP contribution in [-0.4, -0.2) is 60.2 Å². The van der Waals surface area contributed by atoms with Crippen LogP contribution in [0.25, 0.3) is 11.3 Å². The molecule has 0 atom stereocenters. The van der Waals surface area contributed by atoms with Gasteiger partial charge in [0.25, 0.3) is 0 Å². The maximum atomic E-state index is 13.7. The number of hydrazone groups is 1. The van der Waals surface area contributed by atoms with Gasteiger partial charge in [-0.1, -0.05) is 13.5 Å². The zero-order valence-corrected chi connectivity index (χ0v) is 17.6. The van der Waals surface area contributed by atoms with Gasteiger partial charge >= 0.3 is 6.18 Å². The third-order valence-corrected chi connectivity index (χ3v) is 5.85. The Morgan fingerprint density at radius 2 is 1.87 bits per heavy atom. The molecule has 160 valence electrons. The first kappa shape index (κ1) is 20.7. The first-order valence-electron chi connectivity index (χ1n) is 10.2. The van der Waals surface area contributed by atoms with E-state index in [1.807, 2.05) is 13.1 Å². The molecule has 8 heteroatoms. The standard InChI is InChI=1S/C22H26F3N5/c1-5-15-6-7-26-30-20(15)18-13-16(22(23,24)25)12-17(14(2)3)19(18)27-21(30)29-10-8-28(4)9-11-29/h7,12-13H,2,5-6,8-11H2,1,3-4H3. The molecule has 1 saturated heterocycles. The minimum atomic E-state index is -4.45. The first-order valence-corrected chi connectivity index (χ1v) is 10.2. The average Bonchev–Trinajstić information content (AvgIpc) is 2.71. The van der Waals surface area contributed by atoms with E-state index in [1.54, 1.807) is 11.9 Å². The second kappa shape index (κ2) is 7.58. The predicted octanol–water partition coefficient (Wildman–Crippen LogP) is 4.80. The number of fused-ring (bicyclic) bond motifs is 3. The summed E-state index contributed by atoms with van der Waals surface area (Å²) in [5.74, 6) is 0.676. The summed E-state index contributed by atoms with van der Waals surface area (Å²) in [4.78, 5) is 9.28. The second-order valence-electron chi connectivity index (χ2n) is 8.02. The van der Waals surface area contributed by atoms with Gasteiger partial charge in [0.15, 0.2) is 0 Å². The highest BCUT2D eigenvalue weighted by Gasteiger charge is 2.38. The summed E-state index contributed by atoms with van der Waals surface area (Å²) in [6.45, 7) is 11.0. The number of alkyl halides is 3. The fourth-order valence-electron chi connectivity index (χ4n) is 4.09. The Bertz CT molecular complexity index is 966. The summed E-state index contributed by atoms with van der Waals surface area (Å²) in [7, 11) is 2.08. The highest BCUT2D eigenvalue weighted by Crippen LogP contribution is 2.46. The van der Waals surface area contributed by atoms with E-state index >= 15 is 0 Å². The van der Waals surface area contributed by atoms with Crippen LogP contribution in [0.15, 0.2) is 34.4 Å². The van der Waals surface area contributed by atoms with Gasteiger partial charge in [0.1, 0.15) is 0 Å². The Kier molecular flexibility index (Phi) is 5.22. The number of allylic oxidation sites excluding steroid dienone is 2. The van der Waals surface area contributed by atoms with Crippen LogP contribution in [0.1, 0.15) is 43.4 Å². The molecule has 1 aromatic rings. The van der Waals surface area contributed by atoms with Crippen molar-refractivity contribution in [1.29, 1.82) is 0 Å². The lowest BCUT2D eigenvalue weighted by atomic mass is 9.92. The van der Waals surface area contributed by atoms with Gasteiger partial charge in [-0.3, -0.25) is 0 Å². The molecule has 3 aliphatic rings. The molecule has 30 heavy (non-hydrogen) atoms. The Balaban J connectivity index is 1.96. The number of aliphatic imine (C=N–C) groups is 1. The molecule has 0 bridgehead atoms. The molecule has 0 N–H and O–H groups in total. The number of guanidine groups is 1. The smallest absolute Gasteiger partial charge is 0.338 e. The van der Waals surface area contributed by atoms with E-state index in [1.165, 1.54) is 12.1 Å². The third kappa shape index (κ3) is 3.53. The van der Waals surface area contributed by atoms with Gasteiger partial charge in [0, 0.05) is 49.9 Å². The molecule has 0 saturated carbocycles. The van der Waals surface area contributed by atoms with Gasteiger partial charge < -0.3 is 9.80 Å². The van der Waals surface area contributed by atoms with E-state index in [4.69, 9.17) is 4.99 Å².